The minimum atomic E-state index is -0.494. The summed E-state index contributed by atoms with van der Waals surface area (Å²) in [4.78, 5) is 35.5. The number of carbonyl (C=O) groups excluding carboxylic acids is 1. The summed E-state index contributed by atoms with van der Waals surface area (Å²) in [7, 11) is 0. The molecule has 0 aliphatic carbocycles. The van der Waals surface area contributed by atoms with Crippen molar-refractivity contribution in [3.05, 3.63) is 82.0 Å². The Kier molecular flexibility index (Phi) is 4.76. The van der Waals surface area contributed by atoms with E-state index in [2.05, 4.69) is 26.3 Å². The maximum atomic E-state index is 12.4. The highest BCUT2D eigenvalue weighted by molar-refractivity contribution is 5.93. The van der Waals surface area contributed by atoms with Gasteiger partial charge in [0, 0.05) is 30.7 Å². The van der Waals surface area contributed by atoms with Crippen LogP contribution in [0, 0.1) is 0 Å². The Balaban J connectivity index is 1.47. The first kappa shape index (κ1) is 17.1. The molecule has 2 N–H and O–H groups in total. The quantitative estimate of drug-likeness (QED) is 0.739. The SMILES string of the molecule is O=C(NC[C@@H]1OCCc2ccccc21)c1cnc(-c2cccnc2)[nH]c1=O. The summed E-state index contributed by atoms with van der Waals surface area (Å²) < 4.78 is 5.77. The molecule has 4 rings (SSSR count). The topological polar surface area (TPSA) is 97.0 Å². The van der Waals surface area contributed by atoms with Crippen LogP contribution in [0.4, 0.5) is 0 Å². The smallest absolute Gasteiger partial charge is 0.264 e. The number of H-pyrrole nitrogens is 1. The highest BCUT2D eigenvalue weighted by Crippen LogP contribution is 2.26. The van der Waals surface area contributed by atoms with Crippen molar-refractivity contribution in [2.24, 2.45) is 0 Å². The van der Waals surface area contributed by atoms with Crippen LogP contribution in [-0.4, -0.2) is 34.0 Å². The molecule has 0 spiro atoms. The van der Waals surface area contributed by atoms with Gasteiger partial charge in [-0.3, -0.25) is 14.6 Å². The number of aromatic nitrogens is 3. The second kappa shape index (κ2) is 7.51. The molecular formula is C20H18N4O3. The molecule has 3 heterocycles. The number of pyridine rings is 1. The van der Waals surface area contributed by atoms with E-state index in [1.807, 2.05) is 18.2 Å². The van der Waals surface area contributed by atoms with Crippen LogP contribution in [0.5, 0.6) is 0 Å². The molecule has 2 aromatic heterocycles. The van der Waals surface area contributed by atoms with Crippen LogP contribution in [-0.2, 0) is 11.2 Å². The first-order valence-corrected chi connectivity index (χ1v) is 8.69. The van der Waals surface area contributed by atoms with Crippen molar-refractivity contribution >= 4 is 5.91 Å². The molecule has 0 saturated heterocycles. The molecule has 0 fully saturated rings. The summed E-state index contributed by atoms with van der Waals surface area (Å²) in [6.07, 6.45) is 5.15. The molecule has 1 aromatic carbocycles. The van der Waals surface area contributed by atoms with Gasteiger partial charge in [-0.1, -0.05) is 24.3 Å². The van der Waals surface area contributed by atoms with E-state index in [0.29, 0.717) is 24.5 Å². The Hall–Kier alpha value is -3.32. The number of hydrogen-bond acceptors (Lipinski definition) is 5. The number of rotatable bonds is 4. The van der Waals surface area contributed by atoms with E-state index in [4.69, 9.17) is 4.74 Å². The Morgan fingerprint density at radius 3 is 2.93 bits per heavy atom. The number of benzene rings is 1. The predicted molar refractivity (Wildman–Crippen MR) is 99.3 cm³/mol. The average Bonchev–Trinajstić information content (AvgIpc) is 2.72. The third-order valence-corrected chi connectivity index (χ3v) is 4.52. The minimum Gasteiger partial charge on any atom is -0.371 e. The lowest BCUT2D eigenvalue weighted by Gasteiger charge is -2.26. The minimum absolute atomic E-state index is 0.0354. The van der Waals surface area contributed by atoms with E-state index in [1.165, 1.54) is 11.8 Å². The third-order valence-electron chi connectivity index (χ3n) is 4.52. The fourth-order valence-electron chi connectivity index (χ4n) is 3.13. The third kappa shape index (κ3) is 3.63. The van der Waals surface area contributed by atoms with Crippen LogP contribution in [0.25, 0.3) is 11.4 Å². The Bertz CT molecular complexity index is 1020. The molecule has 1 amide bonds. The number of aromatic amines is 1. The molecule has 1 aliphatic heterocycles. The van der Waals surface area contributed by atoms with Gasteiger partial charge in [-0.15, -0.1) is 0 Å². The van der Waals surface area contributed by atoms with Gasteiger partial charge in [0.15, 0.2) is 0 Å². The molecular weight excluding hydrogens is 344 g/mol. The number of ether oxygens (including phenoxy) is 1. The van der Waals surface area contributed by atoms with Crippen LogP contribution in [0.3, 0.4) is 0 Å². The predicted octanol–water partition coefficient (Wildman–Crippen LogP) is 1.88. The first-order chi connectivity index (χ1) is 13.2. The maximum Gasteiger partial charge on any atom is 0.264 e. The average molecular weight is 362 g/mol. The summed E-state index contributed by atoms with van der Waals surface area (Å²) in [6.45, 7) is 0.902. The van der Waals surface area contributed by atoms with Gasteiger partial charge in [0.25, 0.3) is 11.5 Å². The molecule has 1 atom stereocenters. The van der Waals surface area contributed by atoms with E-state index in [0.717, 1.165) is 12.0 Å². The highest BCUT2D eigenvalue weighted by Gasteiger charge is 2.22. The van der Waals surface area contributed by atoms with Crippen LogP contribution in [0.2, 0.25) is 0 Å². The van der Waals surface area contributed by atoms with Gasteiger partial charge in [0.05, 0.1) is 6.61 Å². The lowest BCUT2D eigenvalue weighted by molar-refractivity contribution is 0.0411. The molecule has 0 unspecified atom stereocenters. The zero-order valence-electron chi connectivity index (χ0n) is 14.5. The van der Waals surface area contributed by atoms with Gasteiger partial charge < -0.3 is 15.0 Å². The van der Waals surface area contributed by atoms with Crippen molar-refractivity contribution in [2.45, 2.75) is 12.5 Å². The maximum absolute atomic E-state index is 12.4. The number of amides is 1. The number of hydrogen-bond donors (Lipinski definition) is 2. The van der Waals surface area contributed by atoms with Crippen molar-refractivity contribution < 1.29 is 9.53 Å². The van der Waals surface area contributed by atoms with Gasteiger partial charge in [0.1, 0.15) is 17.5 Å². The monoisotopic (exact) mass is 362 g/mol. The summed E-state index contributed by atoms with van der Waals surface area (Å²) in [5.41, 5.74) is 2.44. The first-order valence-electron chi connectivity index (χ1n) is 8.69. The Morgan fingerprint density at radius 1 is 1.22 bits per heavy atom. The molecule has 0 saturated carbocycles. The number of fused-ring (bicyclic) bond motifs is 1. The standard InChI is InChI=1S/C20H18N4O3/c25-19(23-12-17-15-6-2-1-4-13(15)7-9-27-17)16-11-22-18(24-20(16)26)14-5-3-8-21-10-14/h1-6,8,10-11,17H,7,9,12H2,(H,23,25)(H,22,24,26)/t17-/m0/s1. The van der Waals surface area contributed by atoms with E-state index in [1.54, 1.807) is 24.5 Å². The fraction of sp³-hybridized carbons (Fsp3) is 0.200. The van der Waals surface area contributed by atoms with Crippen molar-refractivity contribution in [1.82, 2.24) is 20.3 Å². The molecule has 1 aliphatic rings. The van der Waals surface area contributed by atoms with E-state index in [9.17, 15) is 9.59 Å². The Morgan fingerprint density at radius 2 is 2.11 bits per heavy atom. The fourth-order valence-corrected chi connectivity index (χ4v) is 3.13. The normalized spacial score (nSPS) is 15.8. The largest absolute Gasteiger partial charge is 0.371 e. The van der Waals surface area contributed by atoms with E-state index in [-0.39, 0.29) is 11.7 Å². The number of carbonyl (C=O) groups is 1. The van der Waals surface area contributed by atoms with Gasteiger partial charge >= 0.3 is 0 Å². The summed E-state index contributed by atoms with van der Waals surface area (Å²) in [5.74, 6) is -0.109. The van der Waals surface area contributed by atoms with Crippen molar-refractivity contribution in [3.63, 3.8) is 0 Å². The summed E-state index contributed by atoms with van der Waals surface area (Å²) >= 11 is 0. The molecule has 3 aromatic rings. The molecule has 0 bridgehead atoms. The van der Waals surface area contributed by atoms with E-state index < -0.39 is 11.5 Å². The van der Waals surface area contributed by atoms with Gasteiger partial charge in [-0.25, -0.2) is 4.98 Å². The van der Waals surface area contributed by atoms with Crippen molar-refractivity contribution in [1.29, 1.82) is 0 Å². The lowest BCUT2D eigenvalue weighted by atomic mass is 9.97. The van der Waals surface area contributed by atoms with Crippen LogP contribution >= 0.6 is 0 Å². The van der Waals surface area contributed by atoms with Crippen LogP contribution < -0.4 is 10.9 Å². The summed E-state index contributed by atoms with van der Waals surface area (Å²) in [5, 5.41) is 2.77. The van der Waals surface area contributed by atoms with Gasteiger partial charge in [-0.05, 0) is 29.7 Å². The zero-order valence-corrected chi connectivity index (χ0v) is 14.5. The van der Waals surface area contributed by atoms with Crippen LogP contribution in [0.15, 0.2) is 59.8 Å². The molecule has 0 radical (unpaired) electrons. The lowest BCUT2D eigenvalue weighted by Crippen LogP contribution is -2.35. The molecule has 136 valence electrons. The molecule has 7 heteroatoms. The molecule has 7 nitrogen and oxygen atoms in total. The van der Waals surface area contributed by atoms with E-state index >= 15 is 0 Å². The highest BCUT2D eigenvalue weighted by atomic mass is 16.5. The number of nitrogens with one attached hydrogen (secondary N) is 2. The van der Waals surface area contributed by atoms with Crippen molar-refractivity contribution in [3.8, 4) is 11.4 Å². The zero-order chi connectivity index (χ0) is 18.6. The van der Waals surface area contributed by atoms with Gasteiger partial charge in [0.2, 0.25) is 0 Å². The van der Waals surface area contributed by atoms with Gasteiger partial charge in [-0.2, -0.15) is 0 Å². The molecule has 27 heavy (non-hydrogen) atoms. The second-order valence-corrected chi connectivity index (χ2v) is 6.23. The Labute approximate surface area is 155 Å². The second-order valence-electron chi connectivity index (χ2n) is 6.23. The number of nitrogens with zero attached hydrogens (tertiary/aromatic N) is 2. The van der Waals surface area contributed by atoms with Crippen molar-refractivity contribution in [2.75, 3.05) is 13.2 Å². The van der Waals surface area contributed by atoms with Crippen LogP contribution in [0.1, 0.15) is 27.6 Å². The summed E-state index contributed by atoms with van der Waals surface area (Å²) in [6, 6.07) is 11.5.